The SMILES string of the molecule is CC(=O)c1c(C)c2cnc(Nc3ccc(N4CCN(C)CC4)cn3)nc2n(C2CCCC2)c1=O.O=C1CCC(c2ccc(N3CCOCC3)cc2)C(=O)N1. The third-order valence-corrected chi connectivity index (χ3v) is 11.0. The van der Waals surface area contributed by atoms with Gasteiger partial charge in [-0.3, -0.25) is 29.1 Å². The van der Waals surface area contributed by atoms with Crippen molar-refractivity contribution in [2.45, 2.75) is 64.3 Å². The van der Waals surface area contributed by atoms with E-state index in [-0.39, 0.29) is 40.7 Å². The van der Waals surface area contributed by atoms with E-state index in [1.165, 1.54) is 6.92 Å². The molecule has 54 heavy (non-hydrogen) atoms. The quantitative estimate of drug-likeness (QED) is 0.205. The van der Waals surface area contributed by atoms with Crippen LogP contribution in [0.5, 0.6) is 0 Å². The third-order valence-electron chi connectivity index (χ3n) is 11.0. The summed E-state index contributed by atoms with van der Waals surface area (Å²) in [6, 6.07) is 12.1. The molecule has 284 valence electrons. The van der Waals surface area contributed by atoms with Gasteiger partial charge in [-0.1, -0.05) is 25.0 Å². The van der Waals surface area contributed by atoms with Gasteiger partial charge in [0, 0.05) is 69.0 Å². The zero-order chi connectivity index (χ0) is 37.8. The van der Waals surface area contributed by atoms with Gasteiger partial charge in [0.05, 0.1) is 36.6 Å². The summed E-state index contributed by atoms with van der Waals surface area (Å²) in [7, 11) is 2.14. The van der Waals surface area contributed by atoms with E-state index in [1.807, 2.05) is 36.5 Å². The molecular formula is C40H49N9O5. The Balaban J connectivity index is 0.000000191. The number of nitrogens with one attached hydrogen (secondary N) is 2. The molecule has 0 spiro atoms. The summed E-state index contributed by atoms with van der Waals surface area (Å²) in [6.45, 7) is 10.6. The van der Waals surface area contributed by atoms with Crippen molar-refractivity contribution >= 4 is 51.8 Å². The molecule has 3 aromatic heterocycles. The number of fused-ring (bicyclic) bond motifs is 1. The van der Waals surface area contributed by atoms with Crippen molar-refractivity contribution in [3.05, 3.63) is 75.8 Å². The Morgan fingerprint density at radius 3 is 2.19 bits per heavy atom. The number of imide groups is 1. The average molecular weight is 736 g/mol. The van der Waals surface area contributed by atoms with Crippen LogP contribution in [0.4, 0.5) is 23.1 Å². The highest BCUT2D eigenvalue weighted by atomic mass is 16.5. The number of carbonyl (C=O) groups excluding carboxylic acids is 3. The summed E-state index contributed by atoms with van der Waals surface area (Å²) in [5, 5.41) is 6.32. The number of rotatable bonds is 7. The van der Waals surface area contributed by atoms with E-state index in [1.54, 1.807) is 17.7 Å². The number of hydrogen-bond acceptors (Lipinski definition) is 12. The molecule has 1 unspecified atom stereocenters. The molecule has 1 saturated carbocycles. The molecule has 4 fully saturated rings. The van der Waals surface area contributed by atoms with Crippen LogP contribution < -0.4 is 26.0 Å². The van der Waals surface area contributed by atoms with Crippen LogP contribution in [0.3, 0.4) is 0 Å². The van der Waals surface area contributed by atoms with E-state index >= 15 is 0 Å². The van der Waals surface area contributed by atoms with Crippen LogP contribution in [0.1, 0.15) is 78.9 Å². The number of ether oxygens (including phenoxy) is 1. The molecular weight excluding hydrogens is 686 g/mol. The highest BCUT2D eigenvalue weighted by molar-refractivity contribution is 6.01. The lowest BCUT2D eigenvalue weighted by Crippen LogP contribution is -2.44. The maximum atomic E-state index is 13.4. The topological polar surface area (TPSA) is 155 Å². The molecule has 2 amide bonds. The van der Waals surface area contributed by atoms with Crippen molar-refractivity contribution in [2.24, 2.45) is 0 Å². The number of aromatic nitrogens is 4. The number of amides is 2. The smallest absolute Gasteiger partial charge is 0.263 e. The lowest BCUT2D eigenvalue weighted by atomic mass is 9.90. The molecule has 3 saturated heterocycles. The van der Waals surface area contributed by atoms with E-state index in [0.29, 0.717) is 35.8 Å². The lowest BCUT2D eigenvalue weighted by molar-refractivity contribution is -0.134. The van der Waals surface area contributed by atoms with Gasteiger partial charge in [0.2, 0.25) is 17.8 Å². The summed E-state index contributed by atoms with van der Waals surface area (Å²) < 4.78 is 7.06. The number of nitrogens with zero attached hydrogens (tertiary/aromatic N) is 7. The van der Waals surface area contributed by atoms with Crippen molar-refractivity contribution in [2.75, 3.05) is 74.6 Å². The number of likely N-dealkylation sites (N-methyl/N-ethyl adjacent to an activating group) is 1. The van der Waals surface area contributed by atoms with Crippen molar-refractivity contribution in [3.8, 4) is 0 Å². The maximum Gasteiger partial charge on any atom is 0.263 e. The highest BCUT2D eigenvalue weighted by Gasteiger charge is 2.28. The second-order valence-corrected chi connectivity index (χ2v) is 14.6. The molecule has 6 heterocycles. The zero-order valence-electron chi connectivity index (χ0n) is 31.3. The lowest BCUT2D eigenvalue weighted by Gasteiger charge is -2.33. The fraction of sp³-hybridized carbons (Fsp3) is 0.475. The van der Waals surface area contributed by atoms with Crippen molar-refractivity contribution in [1.82, 2.24) is 29.7 Å². The normalized spacial score (nSPS) is 19.7. The molecule has 14 nitrogen and oxygen atoms in total. The van der Waals surface area contributed by atoms with Gasteiger partial charge in [0.15, 0.2) is 5.78 Å². The first-order valence-corrected chi connectivity index (χ1v) is 19.0. The van der Waals surface area contributed by atoms with Crippen LogP contribution in [-0.2, 0) is 14.3 Å². The van der Waals surface area contributed by atoms with Crippen LogP contribution in [0, 0.1) is 6.92 Å². The minimum atomic E-state index is -0.247. The second kappa shape index (κ2) is 16.4. The van der Waals surface area contributed by atoms with Crippen LogP contribution in [0.15, 0.2) is 53.6 Å². The number of piperazine rings is 1. The molecule has 4 aromatic rings. The van der Waals surface area contributed by atoms with E-state index in [0.717, 1.165) is 100 Å². The Morgan fingerprint density at radius 2 is 1.54 bits per heavy atom. The summed E-state index contributed by atoms with van der Waals surface area (Å²) in [5.74, 6) is 0.253. The first kappa shape index (κ1) is 37.1. The zero-order valence-corrected chi connectivity index (χ0v) is 31.3. The number of benzene rings is 1. The van der Waals surface area contributed by atoms with Gasteiger partial charge in [0.25, 0.3) is 5.56 Å². The fourth-order valence-electron chi connectivity index (χ4n) is 7.89. The summed E-state index contributed by atoms with van der Waals surface area (Å²) >= 11 is 0. The van der Waals surface area contributed by atoms with Crippen LogP contribution in [0.25, 0.3) is 11.0 Å². The van der Waals surface area contributed by atoms with Gasteiger partial charge in [-0.2, -0.15) is 4.98 Å². The Kier molecular flexibility index (Phi) is 11.3. The molecule has 4 aliphatic rings. The molecule has 3 aliphatic heterocycles. The molecule has 1 aromatic carbocycles. The molecule has 8 rings (SSSR count). The molecule has 14 heteroatoms. The number of piperidine rings is 1. The fourth-order valence-corrected chi connectivity index (χ4v) is 7.89. The third kappa shape index (κ3) is 8.14. The number of anilines is 4. The minimum absolute atomic E-state index is 0.0532. The monoisotopic (exact) mass is 735 g/mol. The van der Waals surface area contributed by atoms with Gasteiger partial charge < -0.3 is 24.8 Å². The van der Waals surface area contributed by atoms with Gasteiger partial charge in [-0.05, 0) is 75.5 Å². The van der Waals surface area contributed by atoms with E-state index in [4.69, 9.17) is 9.72 Å². The first-order chi connectivity index (χ1) is 26.2. The number of pyridine rings is 2. The van der Waals surface area contributed by atoms with Crippen LogP contribution >= 0.6 is 0 Å². The molecule has 0 bridgehead atoms. The number of morpholine rings is 1. The van der Waals surface area contributed by atoms with Crippen molar-refractivity contribution < 1.29 is 19.1 Å². The van der Waals surface area contributed by atoms with Crippen molar-refractivity contribution in [3.63, 3.8) is 0 Å². The Morgan fingerprint density at radius 1 is 0.852 bits per heavy atom. The minimum Gasteiger partial charge on any atom is -0.378 e. The van der Waals surface area contributed by atoms with Gasteiger partial charge in [-0.25, -0.2) is 9.97 Å². The predicted molar refractivity (Wildman–Crippen MR) is 208 cm³/mol. The number of hydrogen-bond donors (Lipinski definition) is 2. The van der Waals surface area contributed by atoms with Crippen molar-refractivity contribution in [1.29, 1.82) is 0 Å². The average Bonchev–Trinajstić information content (AvgIpc) is 3.71. The summed E-state index contributed by atoms with van der Waals surface area (Å²) in [4.78, 5) is 69.3. The summed E-state index contributed by atoms with van der Waals surface area (Å²) in [6.07, 6.45) is 8.56. The number of aryl methyl sites for hydroxylation is 1. The van der Waals surface area contributed by atoms with Gasteiger partial charge in [-0.15, -0.1) is 0 Å². The van der Waals surface area contributed by atoms with Gasteiger partial charge in [0.1, 0.15) is 11.5 Å². The largest absolute Gasteiger partial charge is 0.378 e. The van der Waals surface area contributed by atoms with Gasteiger partial charge >= 0.3 is 0 Å². The maximum absolute atomic E-state index is 13.4. The second-order valence-electron chi connectivity index (χ2n) is 14.6. The number of Topliss-reactive ketones (excluding diaryl/α,β-unsaturated/α-hetero) is 1. The van der Waals surface area contributed by atoms with E-state index in [9.17, 15) is 19.2 Å². The number of ketones is 1. The standard InChI is InChI=1S/C25H31N7O2.C15H18N2O3/c1-16-20-15-27-25(28-21-9-8-19(14-26-21)31-12-10-30(3)11-13-31)29-23(20)32(18-6-4-5-7-18)24(34)22(16)17(2)33;18-14-6-5-13(15(19)16-14)11-1-3-12(4-2-11)17-7-9-20-10-8-17/h8-9,14-15,18H,4-7,10-13H2,1-3H3,(H,26,27,28,29);1-4,13H,5-10H2,(H,16,18,19). The molecule has 0 radical (unpaired) electrons. The molecule has 1 aliphatic carbocycles. The Bertz CT molecular complexity index is 2050. The summed E-state index contributed by atoms with van der Waals surface area (Å²) in [5.41, 5.74) is 4.44. The predicted octanol–water partition coefficient (Wildman–Crippen LogP) is 4.35. The number of carbonyl (C=O) groups is 3. The first-order valence-electron chi connectivity index (χ1n) is 19.0. The van der Waals surface area contributed by atoms with E-state index < -0.39 is 0 Å². The molecule has 1 atom stereocenters. The van der Waals surface area contributed by atoms with E-state index in [2.05, 4.69) is 48.4 Å². The Hall–Kier alpha value is -5.21. The van der Waals surface area contributed by atoms with Crippen LogP contribution in [0.2, 0.25) is 0 Å². The highest BCUT2D eigenvalue weighted by Crippen LogP contribution is 2.32. The molecule has 2 N–H and O–H groups in total. The van der Waals surface area contributed by atoms with Crippen LogP contribution in [-0.4, -0.2) is 102 Å². The Labute approximate surface area is 314 Å².